The molecular formula is C30H34N2O6S. The molecule has 0 fully saturated rings. The van der Waals surface area contributed by atoms with Gasteiger partial charge in [0.05, 0.1) is 37.8 Å². The minimum absolute atomic E-state index is 0.0598. The van der Waals surface area contributed by atoms with Crippen LogP contribution in [0.3, 0.4) is 0 Å². The molecule has 0 N–H and O–H groups in total. The van der Waals surface area contributed by atoms with E-state index in [4.69, 9.17) is 15.9 Å². The second kappa shape index (κ2) is 12.7. The lowest BCUT2D eigenvalue weighted by molar-refractivity contribution is -0.141. The number of nitrogens with zero attached hydrogens (tertiary/aromatic N) is 2. The average molecular weight is 551 g/mol. The SMILES string of the molecule is C#CCN(c1ccc(N(CC(=O)OC)S(=O)(=O)c2ccc(C(C)C)cc2)c2ccccc12)[C@@H](C)CC(=O)OC. The van der Waals surface area contributed by atoms with E-state index in [0.717, 1.165) is 15.6 Å². The Bertz CT molecular complexity index is 1480. The molecule has 0 aliphatic rings. The monoisotopic (exact) mass is 550 g/mol. The molecule has 0 unspecified atom stereocenters. The van der Waals surface area contributed by atoms with Crippen LogP contribution < -0.4 is 9.21 Å². The van der Waals surface area contributed by atoms with Gasteiger partial charge in [-0.05, 0) is 42.7 Å². The van der Waals surface area contributed by atoms with Crippen LogP contribution in [0.2, 0.25) is 0 Å². The maximum Gasteiger partial charge on any atom is 0.326 e. The van der Waals surface area contributed by atoms with E-state index in [1.54, 1.807) is 48.5 Å². The summed E-state index contributed by atoms with van der Waals surface area (Å²) in [6, 6.07) is 17.0. The number of fused-ring (bicyclic) bond motifs is 1. The fraction of sp³-hybridized carbons (Fsp3) is 0.333. The molecule has 0 heterocycles. The Hall–Kier alpha value is -4.03. The van der Waals surface area contributed by atoms with Crippen LogP contribution in [0.1, 0.15) is 38.7 Å². The van der Waals surface area contributed by atoms with Crippen molar-refractivity contribution in [3.63, 3.8) is 0 Å². The third kappa shape index (κ3) is 6.52. The topological polar surface area (TPSA) is 93.2 Å². The Morgan fingerprint density at radius 1 is 0.872 bits per heavy atom. The van der Waals surface area contributed by atoms with Crippen LogP contribution in [0.25, 0.3) is 10.8 Å². The Morgan fingerprint density at radius 3 is 1.97 bits per heavy atom. The van der Waals surface area contributed by atoms with Gasteiger partial charge in [-0.15, -0.1) is 6.42 Å². The maximum absolute atomic E-state index is 13.9. The van der Waals surface area contributed by atoms with Crippen molar-refractivity contribution in [2.45, 2.75) is 44.0 Å². The molecule has 0 bridgehead atoms. The maximum atomic E-state index is 13.9. The summed E-state index contributed by atoms with van der Waals surface area (Å²) in [6.07, 6.45) is 5.78. The highest BCUT2D eigenvalue weighted by atomic mass is 32.2. The molecule has 3 aromatic rings. The van der Waals surface area contributed by atoms with Crippen molar-refractivity contribution in [3.05, 3.63) is 66.2 Å². The second-order valence-corrected chi connectivity index (χ2v) is 11.3. The van der Waals surface area contributed by atoms with Gasteiger partial charge in [-0.2, -0.15) is 0 Å². The molecule has 0 spiro atoms. The van der Waals surface area contributed by atoms with E-state index in [2.05, 4.69) is 5.92 Å². The van der Waals surface area contributed by atoms with Gasteiger partial charge >= 0.3 is 11.9 Å². The first kappa shape index (κ1) is 29.5. The lowest BCUT2D eigenvalue weighted by Gasteiger charge is -2.31. The van der Waals surface area contributed by atoms with Crippen LogP contribution in [-0.4, -0.2) is 53.7 Å². The predicted molar refractivity (Wildman–Crippen MR) is 153 cm³/mol. The van der Waals surface area contributed by atoms with Gasteiger partial charge < -0.3 is 14.4 Å². The number of sulfonamides is 1. The fourth-order valence-corrected chi connectivity index (χ4v) is 5.81. The van der Waals surface area contributed by atoms with Gasteiger partial charge in [-0.25, -0.2) is 8.42 Å². The van der Waals surface area contributed by atoms with E-state index in [1.165, 1.54) is 14.2 Å². The third-order valence-electron chi connectivity index (χ3n) is 6.57. The highest BCUT2D eigenvalue weighted by molar-refractivity contribution is 7.92. The lowest BCUT2D eigenvalue weighted by Crippen LogP contribution is -2.37. The van der Waals surface area contributed by atoms with Gasteiger partial charge in [-0.1, -0.05) is 56.2 Å². The van der Waals surface area contributed by atoms with E-state index in [1.807, 2.05) is 37.8 Å². The smallest absolute Gasteiger partial charge is 0.326 e. The van der Waals surface area contributed by atoms with Crippen molar-refractivity contribution in [2.24, 2.45) is 0 Å². The number of methoxy groups -OCH3 is 2. The van der Waals surface area contributed by atoms with Crippen LogP contribution in [0.15, 0.2) is 65.6 Å². The Morgan fingerprint density at radius 2 is 1.44 bits per heavy atom. The first-order valence-electron chi connectivity index (χ1n) is 12.5. The highest BCUT2D eigenvalue weighted by Crippen LogP contribution is 2.37. The summed E-state index contributed by atoms with van der Waals surface area (Å²) in [6.45, 7) is 5.62. The normalized spacial score (nSPS) is 12.0. The number of ether oxygens (including phenoxy) is 2. The average Bonchev–Trinajstić information content (AvgIpc) is 2.94. The first-order valence-corrected chi connectivity index (χ1v) is 14.0. The summed E-state index contributed by atoms with van der Waals surface area (Å²) in [7, 11) is -1.60. The summed E-state index contributed by atoms with van der Waals surface area (Å²) in [5, 5.41) is 1.30. The molecule has 3 rings (SSSR count). The summed E-state index contributed by atoms with van der Waals surface area (Å²) in [5.74, 6) is 1.80. The summed E-state index contributed by atoms with van der Waals surface area (Å²) >= 11 is 0. The molecule has 206 valence electrons. The molecule has 0 amide bonds. The quantitative estimate of drug-likeness (QED) is 0.252. The highest BCUT2D eigenvalue weighted by Gasteiger charge is 2.30. The predicted octanol–water partition coefficient (Wildman–Crippen LogP) is 4.72. The molecule has 1 atom stereocenters. The summed E-state index contributed by atoms with van der Waals surface area (Å²) in [4.78, 5) is 26.4. The molecule has 9 heteroatoms. The molecule has 3 aromatic carbocycles. The van der Waals surface area contributed by atoms with E-state index < -0.39 is 22.5 Å². The Balaban J connectivity index is 2.20. The zero-order valence-corrected chi connectivity index (χ0v) is 23.7. The van der Waals surface area contributed by atoms with E-state index >= 15 is 0 Å². The van der Waals surface area contributed by atoms with Crippen LogP contribution >= 0.6 is 0 Å². The van der Waals surface area contributed by atoms with Crippen molar-refractivity contribution in [1.29, 1.82) is 0 Å². The second-order valence-electron chi connectivity index (χ2n) is 9.42. The van der Waals surface area contributed by atoms with Gasteiger partial charge in [0.1, 0.15) is 6.54 Å². The van der Waals surface area contributed by atoms with Crippen molar-refractivity contribution >= 4 is 44.1 Å². The van der Waals surface area contributed by atoms with Gasteiger partial charge in [-0.3, -0.25) is 13.9 Å². The zero-order valence-electron chi connectivity index (χ0n) is 22.9. The largest absolute Gasteiger partial charge is 0.469 e. The fourth-order valence-electron chi connectivity index (χ4n) is 4.38. The number of benzene rings is 3. The Labute approximate surface area is 230 Å². The van der Waals surface area contributed by atoms with Gasteiger partial charge in [0, 0.05) is 22.5 Å². The third-order valence-corrected chi connectivity index (χ3v) is 8.35. The van der Waals surface area contributed by atoms with E-state index in [-0.39, 0.29) is 35.8 Å². The van der Waals surface area contributed by atoms with Crippen LogP contribution in [-0.2, 0) is 29.1 Å². The molecular weight excluding hydrogens is 516 g/mol. The minimum Gasteiger partial charge on any atom is -0.469 e. The van der Waals surface area contributed by atoms with Crippen molar-refractivity contribution < 1.29 is 27.5 Å². The lowest BCUT2D eigenvalue weighted by atomic mass is 10.0. The van der Waals surface area contributed by atoms with Crippen LogP contribution in [0.5, 0.6) is 0 Å². The Kier molecular flexibility index (Phi) is 9.60. The number of hydrogen-bond acceptors (Lipinski definition) is 7. The standard InChI is InChI=1S/C30H34N2O6S/c1-7-18-31(22(4)19-29(33)37-5)27-16-17-28(26-11-9-8-10-25(26)27)32(20-30(34)38-6)39(35,36)24-14-12-23(13-15-24)21(2)3/h1,8-17,21-22H,18-20H2,2-6H3/t22-/m0/s1. The molecule has 39 heavy (non-hydrogen) atoms. The van der Waals surface area contributed by atoms with Crippen LogP contribution in [0.4, 0.5) is 11.4 Å². The molecule has 0 aromatic heterocycles. The van der Waals surface area contributed by atoms with Gasteiger partial charge in [0.15, 0.2) is 0 Å². The number of rotatable bonds is 11. The number of esters is 2. The van der Waals surface area contributed by atoms with Crippen molar-refractivity contribution in [2.75, 3.05) is 36.5 Å². The number of terminal acetylenes is 1. The minimum atomic E-state index is -4.15. The molecule has 0 aliphatic heterocycles. The van der Waals surface area contributed by atoms with Gasteiger partial charge in [0.25, 0.3) is 10.0 Å². The molecule has 0 aliphatic carbocycles. The van der Waals surface area contributed by atoms with E-state index in [0.29, 0.717) is 16.5 Å². The van der Waals surface area contributed by atoms with Crippen molar-refractivity contribution in [3.8, 4) is 12.3 Å². The first-order chi connectivity index (χ1) is 18.5. The molecule has 0 saturated heterocycles. The van der Waals surface area contributed by atoms with Crippen LogP contribution in [0, 0.1) is 12.3 Å². The zero-order chi connectivity index (χ0) is 28.7. The summed E-state index contributed by atoms with van der Waals surface area (Å²) in [5.41, 5.74) is 2.03. The number of carbonyl (C=O) groups is 2. The van der Waals surface area contributed by atoms with E-state index in [9.17, 15) is 18.0 Å². The molecule has 0 radical (unpaired) electrons. The number of carbonyl (C=O) groups excluding carboxylic acids is 2. The van der Waals surface area contributed by atoms with Gasteiger partial charge in [0.2, 0.25) is 0 Å². The number of anilines is 2. The van der Waals surface area contributed by atoms with Crippen molar-refractivity contribution in [1.82, 2.24) is 0 Å². The summed E-state index contributed by atoms with van der Waals surface area (Å²) < 4.78 is 38.6. The molecule has 0 saturated carbocycles. The number of hydrogen-bond donors (Lipinski definition) is 0. The molecule has 8 nitrogen and oxygen atoms in total.